The van der Waals surface area contributed by atoms with Gasteiger partial charge in [0, 0.05) is 0 Å². The number of carbonyl (C=O) groups excluding carboxylic acids is 1. The van der Waals surface area contributed by atoms with Crippen LogP contribution in [0.4, 0.5) is 5.69 Å². The molecule has 184 valence electrons. The van der Waals surface area contributed by atoms with Gasteiger partial charge in [0.15, 0.2) is 6.10 Å². The molecule has 0 aromatic heterocycles. The fourth-order valence-electron chi connectivity index (χ4n) is 3.84. The first-order valence-corrected chi connectivity index (χ1v) is 13.1. The Kier molecular flexibility index (Phi) is 7.31. The number of hydrogen-bond donors (Lipinski definition) is 1. The fraction of sp³-hybridized carbons (Fsp3) is 0.296. The topological polar surface area (TPSA) is 84.9 Å². The van der Waals surface area contributed by atoms with Gasteiger partial charge < -0.3 is 14.8 Å². The molecule has 7 nitrogen and oxygen atoms in total. The zero-order chi connectivity index (χ0) is 25.0. The van der Waals surface area contributed by atoms with Crippen molar-refractivity contribution in [1.82, 2.24) is 5.32 Å². The summed E-state index contributed by atoms with van der Waals surface area (Å²) in [5, 5.41) is 2.80. The summed E-state index contributed by atoms with van der Waals surface area (Å²) in [6, 6.07) is 19.8. The number of rotatable bonds is 8. The van der Waals surface area contributed by atoms with E-state index in [1.807, 2.05) is 44.2 Å². The van der Waals surface area contributed by atoms with Crippen LogP contribution in [0.1, 0.15) is 23.6 Å². The minimum atomic E-state index is -3.89. The standard InChI is InChI=1S/C27H30N2O5S/c1-4-21-8-10-22(11-9-21)33-16-15-28-27(30)26-18-29(24-14-7-20(3)17-25(24)34-26)35(31,32)23-12-5-19(2)6-13-23/h5-14,17,26H,4,15-16,18H2,1-3H3,(H,28,30)/t26-/m1/s1. The fourth-order valence-corrected chi connectivity index (χ4v) is 5.32. The summed E-state index contributed by atoms with van der Waals surface area (Å²) in [4.78, 5) is 13.1. The summed E-state index contributed by atoms with van der Waals surface area (Å²) >= 11 is 0. The minimum Gasteiger partial charge on any atom is -0.492 e. The lowest BCUT2D eigenvalue weighted by Gasteiger charge is -2.35. The maximum Gasteiger partial charge on any atom is 0.264 e. The minimum absolute atomic E-state index is 0.128. The van der Waals surface area contributed by atoms with E-state index < -0.39 is 22.0 Å². The molecule has 35 heavy (non-hydrogen) atoms. The molecule has 4 rings (SSSR count). The van der Waals surface area contributed by atoms with Gasteiger partial charge in [-0.1, -0.05) is 42.8 Å². The molecule has 0 fully saturated rings. The summed E-state index contributed by atoms with van der Waals surface area (Å²) in [5.41, 5.74) is 3.50. The van der Waals surface area contributed by atoms with Crippen molar-refractivity contribution in [1.29, 1.82) is 0 Å². The molecule has 1 atom stereocenters. The second kappa shape index (κ2) is 10.4. The molecule has 1 aliphatic heterocycles. The number of hydrogen-bond acceptors (Lipinski definition) is 5. The molecule has 3 aromatic carbocycles. The smallest absolute Gasteiger partial charge is 0.264 e. The van der Waals surface area contributed by atoms with Crippen molar-refractivity contribution in [3.8, 4) is 11.5 Å². The Morgan fingerprint density at radius 2 is 1.71 bits per heavy atom. The summed E-state index contributed by atoms with van der Waals surface area (Å²) in [5.74, 6) is 0.690. The van der Waals surface area contributed by atoms with Gasteiger partial charge >= 0.3 is 0 Å². The maximum atomic E-state index is 13.5. The van der Waals surface area contributed by atoms with Crippen molar-refractivity contribution < 1.29 is 22.7 Å². The summed E-state index contributed by atoms with van der Waals surface area (Å²) in [6.45, 7) is 6.29. The molecule has 8 heteroatoms. The monoisotopic (exact) mass is 494 g/mol. The van der Waals surface area contributed by atoms with Crippen LogP contribution in [0.25, 0.3) is 0 Å². The molecular weight excluding hydrogens is 464 g/mol. The second-order valence-electron chi connectivity index (χ2n) is 8.56. The van der Waals surface area contributed by atoms with Crippen molar-refractivity contribution in [3.05, 3.63) is 83.4 Å². The molecule has 3 aromatic rings. The lowest BCUT2D eigenvalue weighted by Crippen LogP contribution is -2.51. The highest BCUT2D eigenvalue weighted by Crippen LogP contribution is 2.37. The number of sulfonamides is 1. The summed E-state index contributed by atoms with van der Waals surface area (Å²) < 4.78 is 39.9. The first kappa shape index (κ1) is 24.6. The van der Waals surface area contributed by atoms with Crippen LogP contribution in [0.3, 0.4) is 0 Å². The van der Waals surface area contributed by atoms with E-state index in [2.05, 4.69) is 12.2 Å². The third-order valence-electron chi connectivity index (χ3n) is 5.89. The molecule has 1 N–H and O–H groups in total. The van der Waals surface area contributed by atoms with E-state index in [1.165, 1.54) is 9.87 Å². The number of ether oxygens (including phenoxy) is 2. The first-order chi connectivity index (χ1) is 16.8. The van der Waals surface area contributed by atoms with Crippen molar-refractivity contribution in [2.75, 3.05) is 24.0 Å². The van der Waals surface area contributed by atoms with Crippen molar-refractivity contribution in [2.45, 2.75) is 38.2 Å². The van der Waals surface area contributed by atoms with Gasteiger partial charge in [0.1, 0.15) is 18.1 Å². The molecule has 0 unspecified atom stereocenters. The molecule has 1 heterocycles. The molecule has 0 saturated carbocycles. The third-order valence-corrected chi connectivity index (χ3v) is 7.68. The van der Waals surface area contributed by atoms with Crippen molar-refractivity contribution >= 4 is 21.6 Å². The van der Waals surface area contributed by atoms with Gasteiger partial charge in [-0.15, -0.1) is 0 Å². The van der Waals surface area contributed by atoms with Crippen LogP contribution in [-0.4, -0.2) is 40.1 Å². The molecule has 0 spiro atoms. The Balaban J connectivity index is 1.46. The van der Waals surface area contributed by atoms with Crippen LogP contribution < -0.4 is 19.1 Å². The van der Waals surface area contributed by atoms with Gasteiger partial charge in [-0.25, -0.2) is 8.42 Å². The Hall–Kier alpha value is -3.52. The molecule has 0 saturated heterocycles. The number of carbonyl (C=O) groups is 1. The van der Waals surface area contributed by atoms with E-state index >= 15 is 0 Å². The molecular formula is C27H30N2O5S. The zero-order valence-corrected chi connectivity index (χ0v) is 21.0. The number of anilines is 1. The van der Waals surface area contributed by atoms with Gasteiger partial charge in [-0.2, -0.15) is 0 Å². The third kappa shape index (κ3) is 5.59. The van der Waals surface area contributed by atoms with Crippen LogP contribution in [0, 0.1) is 13.8 Å². The number of fused-ring (bicyclic) bond motifs is 1. The highest BCUT2D eigenvalue weighted by molar-refractivity contribution is 7.92. The lowest BCUT2D eigenvalue weighted by atomic mass is 10.1. The summed E-state index contributed by atoms with van der Waals surface area (Å²) in [7, 11) is -3.89. The van der Waals surface area contributed by atoms with E-state index in [9.17, 15) is 13.2 Å². The molecule has 0 aliphatic carbocycles. The van der Waals surface area contributed by atoms with Gasteiger partial charge in [-0.3, -0.25) is 9.10 Å². The van der Waals surface area contributed by atoms with E-state index in [4.69, 9.17) is 9.47 Å². The molecule has 0 bridgehead atoms. The molecule has 0 radical (unpaired) electrons. The van der Waals surface area contributed by atoms with Crippen LogP contribution in [0.15, 0.2) is 71.6 Å². The SMILES string of the molecule is CCc1ccc(OCCNC(=O)[C@H]2CN(S(=O)(=O)c3ccc(C)cc3)c3ccc(C)cc3O2)cc1. The highest BCUT2D eigenvalue weighted by Gasteiger charge is 2.37. The largest absolute Gasteiger partial charge is 0.492 e. The Labute approximate surface area is 206 Å². The number of amides is 1. The van der Waals surface area contributed by atoms with Crippen LogP contribution in [0.2, 0.25) is 0 Å². The van der Waals surface area contributed by atoms with E-state index in [1.54, 1.807) is 36.4 Å². The average molecular weight is 495 g/mol. The van der Waals surface area contributed by atoms with Gasteiger partial charge in [0.05, 0.1) is 23.7 Å². The van der Waals surface area contributed by atoms with E-state index in [-0.39, 0.29) is 24.6 Å². The first-order valence-electron chi connectivity index (χ1n) is 11.6. The maximum absolute atomic E-state index is 13.5. The quantitative estimate of drug-likeness (QED) is 0.478. The van der Waals surface area contributed by atoms with Gasteiger partial charge in [0.25, 0.3) is 15.9 Å². The van der Waals surface area contributed by atoms with Gasteiger partial charge in [0.2, 0.25) is 0 Å². The van der Waals surface area contributed by atoms with Crippen LogP contribution in [0.5, 0.6) is 11.5 Å². The van der Waals surface area contributed by atoms with Crippen molar-refractivity contribution in [2.24, 2.45) is 0 Å². The van der Waals surface area contributed by atoms with E-state index in [0.717, 1.165) is 23.3 Å². The number of benzene rings is 3. The summed E-state index contributed by atoms with van der Waals surface area (Å²) in [6.07, 6.45) is -0.0369. The zero-order valence-electron chi connectivity index (χ0n) is 20.2. The van der Waals surface area contributed by atoms with Crippen LogP contribution >= 0.6 is 0 Å². The lowest BCUT2D eigenvalue weighted by molar-refractivity contribution is -0.127. The highest BCUT2D eigenvalue weighted by atomic mass is 32.2. The predicted octanol–water partition coefficient (Wildman–Crippen LogP) is 4.02. The van der Waals surface area contributed by atoms with Crippen LogP contribution in [-0.2, 0) is 21.2 Å². The molecule has 1 amide bonds. The average Bonchev–Trinajstić information content (AvgIpc) is 2.86. The van der Waals surface area contributed by atoms with E-state index in [0.29, 0.717) is 11.4 Å². The number of nitrogens with one attached hydrogen (secondary N) is 1. The number of aryl methyl sites for hydroxylation is 3. The second-order valence-corrected chi connectivity index (χ2v) is 10.4. The predicted molar refractivity (Wildman–Crippen MR) is 136 cm³/mol. The van der Waals surface area contributed by atoms with Gasteiger partial charge in [-0.05, 0) is 67.8 Å². The Morgan fingerprint density at radius 3 is 2.40 bits per heavy atom. The Bertz CT molecular complexity index is 1290. The molecule has 1 aliphatic rings. The number of nitrogens with zero attached hydrogens (tertiary/aromatic N) is 1. The van der Waals surface area contributed by atoms with Crippen molar-refractivity contribution in [3.63, 3.8) is 0 Å². The normalized spacial score (nSPS) is 15.2. The Morgan fingerprint density at radius 1 is 1.03 bits per heavy atom.